The third kappa shape index (κ3) is 3.87. The molecule has 4 rings (SSSR count). The molecular formula is C20H22N2O3. The molecule has 1 heterocycles. The standard InChI is InChI=1S/C20H22N2O3/c23-20(22-19(16-7-8-16)15-4-2-1-3-5-15)21-13-14-6-9-17-18(12-14)25-11-10-24-17/h1-6,9,12,16,19H,7-8,10-11,13H2,(H2,21,22,23). The summed E-state index contributed by atoms with van der Waals surface area (Å²) < 4.78 is 11.1. The van der Waals surface area contributed by atoms with Gasteiger partial charge in [0.05, 0.1) is 6.04 Å². The molecule has 0 bridgehead atoms. The van der Waals surface area contributed by atoms with Gasteiger partial charge in [0.15, 0.2) is 11.5 Å². The maximum absolute atomic E-state index is 12.3. The number of nitrogens with one attached hydrogen (secondary N) is 2. The Hall–Kier alpha value is -2.69. The van der Waals surface area contributed by atoms with Crippen LogP contribution in [0.4, 0.5) is 4.79 Å². The van der Waals surface area contributed by atoms with Crippen molar-refractivity contribution in [1.82, 2.24) is 10.6 Å². The highest BCUT2D eigenvalue weighted by molar-refractivity contribution is 5.74. The zero-order valence-corrected chi connectivity index (χ0v) is 14.0. The van der Waals surface area contributed by atoms with E-state index in [1.54, 1.807) is 0 Å². The molecule has 1 fully saturated rings. The van der Waals surface area contributed by atoms with E-state index in [9.17, 15) is 4.79 Å². The second-order valence-corrected chi connectivity index (χ2v) is 6.53. The van der Waals surface area contributed by atoms with Crippen LogP contribution in [0.25, 0.3) is 0 Å². The highest BCUT2D eigenvalue weighted by atomic mass is 16.6. The molecule has 0 spiro atoms. The van der Waals surface area contributed by atoms with Crippen molar-refractivity contribution >= 4 is 6.03 Å². The van der Waals surface area contributed by atoms with E-state index in [2.05, 4.69) is 22.8 Å². The van der Waals surface area contributed by atoms with Crippen molar-refractivity contribution in [2.75, 3.05) is 13.2 Å². The maximum Gasteiger partial charge on any atom is 0.315 e. The maximum atomic E-state index is 12.3. The van der Waals surface area contributed by atoms with Crippen LogP contribution in [0, 0.1) is 5.92 Å². The third-order valence-electron chi connectivity index (χ3n) is 4.60. The quantitative estimate of drug-likeness (QED) is 0.878. The zero-order chi connectivity index (χ0) is 17.1. The van der Waals surface area contributed by atoms with Crippen molar-refractivity contribution in [3.05, 3.63) is 59.7 Å². The lowest BCUT2D eigenvalue weighted by Crippen LogP contribution is -2.38. The SMILES string of the molecule is O=C(NCc1ccc2c(c1)OCCO2)NC(c1ccccc1)C1CC1. The van der Waals surface area contributed by atoms with E-state index in [0.717, 1.165) is 17.1 Å². The molecule has 1 aliphatic carbocycles. The molecule has 2 aliphatic rings. The summed E-state index contributed by atoms with van der Waals surface area (Å²) in [5, 5.41) is 6.06. The first-order valence-corrected chi connectivity index (χ1v) is 8.77. The number of hydrogen-bond donors (Lipinski definition) is 2. The normalized spacial score (nSPS) is 16.8. The van der Waals surface area contributed by atoms with Gasteiger partial charge < -0.3 is 20.1 Å². The average molecular weight is 338 g/mol. The van der Waals surface area contributed by atoms with E-state index in [0.29, 0.717) is 25.7 Å². The van der Waals surface area contributed by atoms with E-state index >= 15 is 0 Å². The number of amides is 2. The number of rotatable bonds is 5. The minimum absolute atomic E-state index is 0.0847. The monoisotopic (exact) mass is 338 g/mol. The van der Waals surface area contributed by atoms with Gasteiger partial charge in [-0.05, 0) is 42.0 Å². The number of benzene rings is 2. The number of carbonyl (C=O) groups excluding carboxylic acids is 1. The van der Waals surface area contributed by atoms with Crippen LogP contribution in [0.15, 0.2) is 48.5 Å². The molecule has 2 aromatic carbocycles. The molecule has 2 N–H and O–H groups in total. The molecule has 1 atom stereocenters. The lowest BCUT2D eigenvalue weighted by molar-refractivity contribution is 0.171. The molecule has 0 radical (unpaired) electrons. The predicted molar refractivity (Wildman–Crippen MR) is 94.7 cm³/mol. The van der Waals surface area contributed by atoms with Crippen LogP contribution in [-0.2, 0) is 6.54 Å². The van der Waals surface area contributed by atoms with E-state index in [-0.39, 0.29) is 12.1 Å². The Morgan fingerprint density at radius 1 is 1.04 bits per heavy atom. The van der Waals surface area contributed by atoms with Crippen LogP contribution in [0.2, 0.25) is 0 Å². The van der Waals surface area contributed by atoms with Crippen LogP contribution in [0.5, 0.6) is 11.5 Å². The lowest BCUT2D eigenvalue weighted by atomic mass is 10.0. The Bertz CT molecular complexity index is 744. The van der Waals surface area contributed by atoms with Gasteiger partial charge >= 0.3 is 6.03 Å². The van der Waals surface area contributed by atoms with Gasteiger partial charge in [-0.3, -0.25) is 0 Å². The van der Waals surface area contributed by atoms with Gasteiger partial charge in [-0.15, -0.1) is 0 Å². The number of fused-ring (bicyclic) bond motifs is 1. The van der Waals surface area contributed by atoms with Crippen LogP contribution in [-0.4, -0.2) is 19.2 Å². The fourth-order valence-corrected chi connectivity index (χ4v) is 3.14. The van der Waals surface area contributed by atoms with Crippen molar-refractivity contribution in [1.29, 1.82) is 0 Å². The van der Waals surface area contributed by atoms with Gasteiger partial charge in [-0.2, -0.15) is 0 Å². The summed E-state index contributed by atoms with van der Waals surface area (Å²) in [5.74, 6) is 2.05. The van der Waals surface area contributed by atoms with Gasteiger partial charge in [-0.25, -0.2) is 4.79 Å². The first kappa shape index (κ1) is 15.8. The molecule has 130 valence electrons. The van der Waals surface area contributed by atoms with Crippen molar-refractivity contribution in [2.45, 2.75) is 25.4 Å². The molecule has 1 aliphatic heterocycles. The third-order valence-corrected chi connectivity index (χ3v) is 4.60. The minimum Gasteiger partial charge on any atom is -0.486 e. The largest absolute Gasteiger partial charge is 0.486 e. The first-order chi connectivity index (χ1) is 12.3. The van der Waals surface area contributed by atoms with Crippen molar-refractivity contribution in [2.24, 2.45) is 5.92 Å². The first-order valence-electron chi connectivity index (χ1n) is 8.77. The van der Waals surface area contributed by atoms with Gasteiger partial charge in [0, 0.05) is 6.54 Å². The molecule has 25 heavy (non-hydrogen) atoms. The summed E-state index contributed by atoms with van der Waals surface area (Å²) in [6.45, 7) is 1.59. The highest BCUT2D eigenvalue weighted by Crippen LogP contribution is 2.40. The second kappa shape index (κ2) is 7.05. The minimum atomic E-state index is -0.143. The summed E-state index contributed by atoms with van der Waals surface area (Å²) >= 11 is 0. The zero-order valence-electron chi connectivity index (χ0n) is 14.0. The molecule has 2 aromatic rings. The van der Waals surface area contributed by atoms with Gasteiger partial charge in [0.1, 0.15) is 13.2 Å². The van der Waals surface area contributed by atoms with E-state index in [4.69, 9.17) is 9.47 Å². The Morgan fingerprint density at radius 3 is 2.56 bits per heavy atom. The number of carbonyl (C=O) groups is 1. The topological polar surface area (TPSA) is 59.6 Å². The molecular weight excluding hydrogens is 316 g/mol. The summed E-state index contributed by atoms with van der Waals surface area (Å²) in [6, 6.07) is 15.9. The number of ether oxygens (including phenoxy) is 2. The number of urea groups is 1. The van der Waals surface area contributed by atoms with E-state index < -0.39 is 0 Å². The fourth-order valence-electron chi connectivity index (χ4n) is 3.14. The number of hydrogen-bond acceptors (Lipinski definition) is 3. The summed E-state index contributed by atoms with van der Waals surface area (Å²) in [7, 11) is 0. The fraction of sp³-hybridized carbons (Fsp3) is 0.350. The molecule has 0 aromatic heterocycles. The van der Waals surface area contributed by atoms with Crippen LogP contribution >= 0.6 is 0 Å². The van der Waals surface area contributed by atoms with Crippen LogP contribution in [0.3, 0.4) is 0 Å². The lowest BCUT2D eigenvalue weighted by Gasteiger charge is -2.20. The molecule has 0 saturated heterocycles. The van der Waals surface area contributed by atoms with Crippen molar-refractivity contribution in [3.8, 4) is 11.5 Å². The molecule has 1 saturated carbocycles. The predicted octanol–water partition coefficient (Wildman–Crippen LogP) is 3.41. The van der Waals surface area contributed by atoms with Crippen LogP contribution < -0.4 is 20.1 Å². The highest BCUT2D eigenvalue weighted by Gasteiger charge is 2.33. The van der Waals surface area contributed by atoms with Crippen LogP contribution in [0.1, 0.15) is 30.0 Å². The summed E-state index contributed by atoms with van der Waals surface area (Å²) in [4.78, 5) is 12.3. The molecule has 5 nitrogen and oxygen atoms in total. The van der Waals surface area contributed by atoms with E-state index in [1.165, 1.54) is 18.4 Å². The van der Waals surface area contributed by atoms with Gasteiger partial charge in [0.2, 0.25) is 0 Å². The smallest absolute Gasteiger partial charge is 0.315 e. The Labute approximate surface area is 147 Å². The van der Waals surface area contributed by atoms with Crippen molar-refractivity contribution in [3.63, 3.8) is 0 Å². The van der Waals surface area contributed by atoms with E-state index in [1.807, 2.05) is 36.4 Å². The average Bonchev–Trinajstić information content (AvgIpc) is 3.50. The Kier molecular flexibility index (Phi) is 4.46. The summed E-state index contributed by atoms with van der Waals surface area (Å²) in [6.07, 6.45) is 2.34. The van der Waals surface area contributed by atoms with Crippen molar-refractivity contribution < 1.29 is 14.3 Å². The molecule has 1 unspecified atom stereocenters. The summed E-state index contributed by atoms with van der Waals surface area (Å²) in [5.41, 5.74) is 2.15. The molecule has 5 heteroatoms. The Balaban J connectivity index is 1.35. The van der Waals surface area contributed by atoms with Gasteiger partial charge in [-0.1, -0.05) is 36.4 Å². The second-order valence-electron chi connectivity index (χ2n) is 6.53. The van der Waals surface area contributed by atoms with Gasteiger partial charge in [0.25, 0.3) is 0 Å². The Morgan fingerprint density at radius 2 is 1.80 bits per heavy atom. The molecule has 2 amide bonds.